The average Bonchev–Trinajstić information content (AvgIpc) is 2.82. The molecule has 1 heterocycles. The number of anilines is 1. The topological polar surface area (TPSA) is 69.6 Å². The Morgan fingerprint density at radius 2 is 1.62 bits per heavy atom. The maximum Gasteiger partial charge on any atom is 0.256 e. The molecule has 0 aliphatic rings. The summed E-state index contributed by atoms with van der Waals surface area (Å²) < 4.78 is 26.9. The fraction of sp³-hybridized carbons (Fsp3) is 0.120. The Labute approximate surface area is 183 Å². The lowest BCUT2D eigenvalue weighted by atomic mass is 10.0. The molecule has 7 heteroatoms. The van der Waals surface area contributed by atoms with Gasteiger partial charge in [0.25, 0.3) is 5.91 Å². The number of carbonyl (C=O) groups excluding carboxylic acids is 1. The lowest BCUT2D eigenvalue weighted by molar-refractivity contribution is 0.102. The first-order valence-electron chi connectivity index (χ1n) is 9.86. The van der Waals surface area contributed by atoms with Crippen molar-refractivity contribution in [3.05, 3.63) is 88.3 Å². The van der Waals surface area contributed by atoms with Crippen LogP contribution < -0.4 is 20.2 Å². The number of amides is 1. The summed E-state index contributed by atoms with van der Waals surface area (Å²) in [6.45, 7) is 0. The highest BCUT2D eigenvalue weighted by atomic mass is 19.1. The van der Waals surface area contributed by atoms with Crippen LogP contribution in [0.1, 0.15) is 10.4 Å². The lowest BCUT2D eigenvalue weighted by Gasteiger charge is -2.19. The van der Waals surface area contributed by atoms with Crippen molar-refractivity contribution < 1.29 is 18.7 Å². The lowest BCUT2D eigenvalue weighted by Crippen LogP contribution is -2.21. The van der Waals surface area contributed by atoms with E-state index in [4.69, 9.17) is 9.47 Å². The first-order valence-corrected chi connectivity index (χ1v) is 9.86. The van der Waals surface area contributed by atoms with Gasteiger partial charge in [-0.05, 0) is 36.4 Å². The van der Waals surface area contributed by atoms with Gasteiger partial charge in [0, 0.05) is 23.6 Å². The number of aromatic nitrogens is 1. The van der Waals surface area contributed by atoms with Crippen molar-refractivity contribution >= 4 is 22.6 Å². The fourth-order valence-corrected chi connectivity index (χ4v) is 3.71. The van der Waals surface area contributed by atoms with E-state index >= 15 is 0 Å². The zero-order valence-electron chi connectivity index (χ0n) is 17.8. The number of nitrogens with zero attached hydrogens (tertiary/aromatic N) is 1. The number of methoxy groups -OCH3 is 2. The van der Waals surface area contributed by atoms with E-state index in [1.807, 2.05) is 0 Å². The smallest absolute Gasteiger partial charge is 0.256 e. The molecule has 0 saturated heterocycles. The Kier molecular flexibility index (Phi) is 5.64. The molecule has 0 bridgehead atoms. The molecule has 3 aromatic carbocycles. The summed E-state index contributed by atoms with van der Waals surface area (Å²) in [6, 6.07) is 17.7. The number of pyridine rings is 1. The molecular formula is C25H21FN2O4. The largest absolute Gasteiger partial charge is 0.493 e. The zero-order valence-corrected chi connectivity index (χ0v) is 17.8. The van der Waals surface area contributed by atoms with Crippen LogP contribution in [0.2, 0.25) is 0 Å². The molecule has 0 aliphatic carbocycles. The van der Waals surface area contributed by atoms with Crippen molar-refractivity contribution in [2.75, 3.05) is 19.5 Å². The van der Waals surface area contributed by atoms with Gasteiger partial charge in [-0.25, -0.2) is 4.39 Å². The quantitative estimate of drug-likeness (QED) is 0.500. The summed E-state index contributed by atoms with van der Waals surface area (Å²) in [4.78, 5) is 26.5. The second kappa shape index (κ2) is 8.55. The molecule has 32 heavy (non-hydrogen) atoms. The van der Waals surface area contributed by atoms with E-state index in [1.54, 1.807) is 60.1 Å². The van der Waals surface area contributed by atoms with Gasteiger partial charge in [0.1, 0.15) is 11.6 Å². The minimum atomic E-state index is -0.554. The first kappa shape index (κ1) is 21.1. The maximum absolute atomic E-state index is 14.7. The number of halogens is 1. The number of nitrogens with one attached hydrogen (secondary N) is 1. The highest BCUT2D eigenvalue weighted by molar-refractivity contribution is 6.07. The normalized spacial score (nSPS) is 10.8. The van der Waals surface area contributed by atoms with E-state index in [0.29, 0.717) is 28.0 Å². The van der Waals surface area contributed by atoms with Gasteiger partial charge < -0.3 is 19.4 Å². The van der Waals surface area contributed by atoms with Crippen molar-refractivity contribution in [1.29, 1.82) is 0 Å². The van der Waals surface area contributed by atoms with Gasteiger partial charge >= 0.3 is 0 Å². The van der Waals surface area contributed by atoms with Gasteiger partial charge in [0.05, 0.1) is 25.3 Å². The van der Waals surface area contributed by atoms with Crippen LogP contribution >= 0.6 is 0 Å². The predicted molar refractivity (Wildman–Crippen MR) is 122 cm³/mol. The molecule has 0 unspecified atom stereocenters. The summed E-state index contributed by atoms with van der Waals surface area (Å²) in [5.74, 6) is 0.0324. The zero-order chi connectivity index (χ0) is 22.8. The first-order chi connectivity index (χ1) is 15.5. The number of rotatable bonds is 5. The third-order valence-corrected chi connectivity index (χ3v) is 5.33. The van der Waals surface area contributed by atoms with E-state index in [9.17, 15) is 14.0 Å². The van der Waals surface area contributed by atoms with Crippen LogP contribution in [0.15, 0.2) is 71.5 Å². The highest BCUT2D eigenvalue weighted by Crippen LogP contribution is 2.31. The van der Waals surface area contributed by atoms with E-state index in [2.05, 4.69) is 5.32 Å². The third kappa shape index (κ3) is 3.58. The van der Waals surface area contributed by atoms with E-state index < -0.39 is 11.7 Å². The van der Waals surface area contributed by atoms with Gasteiger partial charge in [-0.15, -0.1) is 0 Å². The van der Waals surface area contributed by atoms with Crippen LogP contribution in [-0.2, 0) is 7.05 Å². The van der Waals surface area contributed by atoms with Crippen LogP contribution in [0, 0.1) is 5.82 Å². The van der Waals surface area contributed by atoms with Crippen molar-refractivity contribution in [2.24, 2.45) is 7.05 Å². The summed E-state index contributed by atoms with van der Waals surface area (Å²) in [5, 5.41) is 3.23. The summed E-state index contributed by atoms with van der Waals surface area (Å²) >= 11 is 0. The molecule has 0 saturated carbocycles. The summed E-state index contributed by atoms with van der Waals surface area (Å²) in [6.07, 6.45) is 0. The molecular weight excluding hydrogens is 411 g/mol. The van der Waals surface area contributed by atoms with Crippen LogP contribution in [0.4, 0.5) is 10.2 Å². The predicted octanol–water partition coefficient (Wildman–Crippen LogP) is 4.61. The highest BCUT2D eigenvalue weighted by Gasteiger charge is 2.21. The Balaban J connectivity index is 1.91. The van der Waals surface area contributed by atoms with E-state index in [1.165, 1.54) is 32.4 Å². The number of benzene rings is 3. The van der Waals surface area contributed by atoms with Crippen LogP contribution in [-0.4, -0.2) is 24.7 Å². The number of hydrogen-bond donors (Lipinski definition) is 1. The molecule has 1 amide bonds. The number of hydrogen-bond acceptors (Lipinski definition) is 4. The van der Waals surface area contributed by atoms with E-state index in [0.717, 1.165) is 0 Å². The molecule has 6 nitrogen and oxygen atoms in total. The molecule has 162 valence electrons. The standard InChI is InChI=1S/C25H21FN2O4/c1-28-19-11-7-5-9-17(19)23(29)22(16-8-4-6-10-18(16)26)24(28)27-25(30)15-12-13-20(31-2)21(14-15)32-3/h4-14H,1-3H3,(H,27,30). The molecule has 0 spiro atoms. The van der Waals surface area contributed by atoms with Gasteiger partial charge in [-0.3, -0.25) is 9.59 Å². The van der Waals surface area contributed by atoms with Gasteiger partial charge in [0.2, 0.25) is 0 Å². The fourth-order valence-electron chi connectivity index (χ4n) is 3.71. The minimum Gasteiger partial charge on any atom is -0.493 e. The number of fused-ring (bicyclic) bond motifs is 1. The average molecular weight is 432 g/mol. The Hall–Kier alpha value is -4.13. The summed E-state index contributed by atoms with van der Waals surface area (Å²) in [5.41, 5.74) is 0.731. The van der Waals surface area contributed by atoms with Gasteiger partial charge in [-0.2, -0.15) is 0 Å². The van der Waals surface area contributed by atoms with Crippen molar-refractivity contribution in [1.82, 2.24) is 4.57 Å². The van der Waals surface area contributed by atoms with Crippen LogP contribution in [0.3, 0.4) is 0 Å². The minimum absolute atomic E-state index is 0.0816. The number of para-hydroxylation sites is 1. The maximum atomic E-state index is 14.7. The molecule has 0 atom stereocenters. The van der Waals surface area contributed by atoms with E-state index in [-0.39, 0.29) is 22.4 Å². The number of aryl methyl sites for hydroxylation is 1. The van der Waals surface area contributed by atoms with Crippen LogP contribution in [0.25, 0.3) is 22.0 Å². The Morgan fingerprint density at radius 1 is 0.938 bits per heavy atom. The van der Waals surface area contributed by atoms with Crippen molar-refractivity contribution in [3.8, 4) is 22.6 Å². The SMILES string of the molecule is COc1ccc(C(=O)Nc2c(-c3ccccc3F)c(=O)c3ccccc3n2C)cc1OC. The number of carbonyl (C=O) groups is 1. The number of ether oxygens (including phenoxy) is 2. The molecule has 4 aromatic rings. The Morgan fingerprint density at radius 3 is 2.34 bits per heavy atom. The molecule has 1 N–H and O–H groups in total. The Bertz CT molecular complexity index is 1390. The molecule has 0 fully saturated rings. The summed E-state index contributed by atoms with van der Waals surface area (Å²) in [7, 11) is 4.70. The van der Waals surface area contributed by atoms with Crippen molar-refractivity contribution in [3.63, 3.8) is 0 Å². The second-order valence-electron chi connectivity index (χ2n) is 7.13. The molecule has 1 aromatic heterocycles. The second-order valence-corrected chi connectivity index (χ2v) is 7.13. The molecule has 0 radical (unpaired) electrons. The van der Waals surface area contributed by atoms with Crippen LogP contribution in [0.5, 0.6) is 11.5 Å². The van der Waals surface area contributed by atoms with Gasteiger partial charge in [-0.1, -0.05) is 30.3 Å². The molecule has 0 aliphatic heterocycles. The third-order valence-electron chi connectivity index (χ3n) is 5.33. The van der Waals surface area contributed by atoms with Crippen molar-refractivity contribution in [2.45, 2.75) is 0 Å². The molecule has 4 rings (SSSR count). The van der Waals surface area contributed by atoms with Gasteiger partial charge in [0.15, 0.2) is 16.9 Å². The monoisotopic (exact) mass is 432 g/mol.